The third-order valence-corrected chi connectivity index (χ3v) is 4.55. The predicted octanol–water partition coefficient (Wildman–Crippen LogP) is 2.77. The SMILES string of the molecule is CC(CN1CCN(C(C)(C)C)CC1)C(O)c1ccccc1. The van der Waals surface area contributed by atoms with Gasteiger partial charge in [0.05, 0.1) is 6.10 Å². The first-order valence-electron chi connectivity index (χ1n) is 8.08. The van der Waals surface area contributed by atoms with E-state index in [1.807, 2.05) is 30.3 Å². The van der Waals surface area contributed by atoms with Crippen molar-refractivity contribution in [1.29, 1.82) is 0 Å². The fourth-order valence-corrected chi connectivity index (χ4v) is 3.09. The van der Waals surface area contributed by atoms with Gasteiger partial charge in [0.25, 0.3) is 0 Å². The Morgan fingerprint density at radius 3 is 2.14 bits per heavy atom. The van der Waals surface area contributed by atoms with Crippen molar-refractivity contribution in [3.05, 3.63) is 35.9 Å². The molecule has 0 bridgehead atoms. The van der Waals surface area contributed by atoms with Gasteiger partial charge in [-0.2, -0.15) is 0 Å². The average molecular weight is 290 g/mol. The predicted molar refractivity (Wildman–Crippen MR) is 88.3 cm³/mol. The number of benzene rings is 1. The average Bonchev–Trinajstić information content (AvgIpc) is 2.47. The highest BCUT2D eigenvalue weighted by Crippen LogP contribution is 2.23. The first-order valence-corrected chi connectivity index (χ1v) is 8.08. The molecule has 0 aliphatic carbocycles. The Hall–Kier alpha value is -0.900. The third kappa shape index (κ3) is 4.53. The lowest BCUT2D eigenvalue weighted by atomic mass is 9.96. The maximum atomic E-state index is 10.5. The molecule has 2 rings (SSSR count). The van der Waals surface area contributed by atoms with Crippen LogP contribution in [0.3, 0.4) is 0 Å². The first kappa shape index (κ1) is 16.5. The molecule has 2 unspecified atom stereocenters. The fourth-order valence-electron chi connectivity index (χ4n) is 3.09. The molecule has 0 spiro atoms. The second-order valence-electron chi connectivity index (χ2n) is 7.29. The zero-order valence-electron chi connectivity index (χ0n) is 13.9. The van der Waals surface area contributed by atoms with Crippen molar-refractivity contribution in [3.8, 4) is 0 Å². The van der Waals surface area contributed by atoms with Crippen LogP contribution in [0, 0.1) is 5.92 Å². The normalized spacial score (nSPS) is 21.2. The zero-order valence-corrected chi connectivity index (χ0v) is 13.9. The molecule has 1 N–H and O–H groups in total. The smallest absolute Gasteiger partial charge is 0.0827 e. The lowest BCUT2D eigenvalue weighted by Crippen LogP contribution is -2.54. The Morgan fingerprint density at radius 2 is 1.62 bits per heavy atom. The first-order chi connectivity index (χ1) is 9.88. The van der Waals surface area contributed by atoms with E-state index in [0.717, 1.165) is 38.3 Å². The molecule has 1 aliphatic rings. The van der Waals surface area contributed by atoms with Gasteiger partial charge in [-0.3, -0.25) is 4.90 Å². The molecule has 0 radical (unpaired) electrons. The number of aliphatic hydroxyl groups excluding tert-OH is 1. The van der Waals surface area contributed by atoms with Crippen molar-refractivity contribution in [1.82, 2.24) is 9.80 Å². The number of hydrogen-bond acceptors (Lipinski definition) is 3. The van der Waals surface area contributed by atoms with Crippen LogP contribution in [-0.4, -0.2) is 53.2 Å². The van der Waals surface area contributed by atoms with Crippen molar-refractivity contribution in [2.75, 3.05) is 32.7 Å². The molecule has 1 aliphatic heterocycles. The summed E-state index contributed by atoms with van der Waals surface area (Å²) in [5.74, 6) is 0.258. The molecule has 1 heterocycles. The minimum Gasteiger partial charge on any atom is -0.388 e. The van der Waals surface area contributed by atoms with Crippen molar-refractivity contribution < 1.29 is 5.11 Å². The van der Waals surface area contributed by atoms with Crippen LogP contribution in [-0.2, 0) is 0 Å². The molecule has 2 atom stereocenters. The van der Waals surface area contributed by atoms with Gasteiger partial charge >= 0.3 is 0 Å². The van der Waals surface area contributed by atoms with E-state index in [-0.39, 0.29) is 17.6 Å². The molecular formula is C18H30N2O. The zero-order chi connectivity index (χ0) is 15.5. The van der Waals surface area contributed by atoms with E-state index >= 15 is 0 Å². The highest BCUT2D eigenvalue weighted by molar-refractivity contribution is 5.17. The number of rotatable bonds is 4. The third-order valence-electron chi connectivity index (χ3n) is 4.55. The number of piperazine rings is 1. The van der Waals surface area contributed by atoms with Crippen LogP contribution in [0.2, 0.25) is 0 Å². The largest absolute Gasteiger partial charge is 0.388 e. The molecule has 1 saturated heterocycles. The van der Waals surface area contributed by atoms with Crippen molar-refractivity contribution in [3.63, 3.8) is 0 Å². The Bertz CT molecular complexity index is 419. The minimum absolute atomic E-state index is 0.258. The Kier molecular flexibility index (Phi) is 5.42. The summed E-state index contributed by atoms with van der Waals surface area (Å²) in [6.07, 6.45) is -0.369. The molecular weight excluding hydrogens is 260 g/mol. The van der Waals surface area contributed by atoms with Crippen LogP contribution >= 0.6 is 0 Å². The standard InChI is InChI=1S/C18H30N2O/c1-15(17(21)16-8-6-5-7-9-16)14-19-10-12-20(13-11-19)18(2,3)4/h5-9,15,17,21H,10-14H2,1-4H3. The summed E-state index contributed by atoms with van der Waals surface area (Å²) in [7, 11) is 0. The summed E-state index contributed by atoms with van der Waals surface area (Å²) in [5, 5.41) is 10.5. The van der Waals surface area contributed by atoms with E-state index in [4.69, 9.17) is 0 Å². The van der Waals surface area contributed by atoms with Gasteiger partial charge in [-0.05, 0) is 32.3 Å². The van der Waals surface area contributed by atoms with Gasteiger partial charge < -0.3 is 10.0 Å². The molecule has 3 nitrogen and oxygen atoms in total. The minimum atomic E-state index is -0.369. The summed E-state index contributed by atoms with van der Waals surface area (Å²) in [4.78, 5) is 5.03. The topological polar surface area (TPSA) is 26.7 Å². The highest BCUT2D eigenvalue weighted by Gasteiger charge is 2.27. The lowest BCUT2D eigenvalue weighted by molar-refractivity contribution is 0.0355. The monoisotopic (exact) mass is 290 g/mol. The van der Waals surface area contributed by atoms with Crippen LogP contribution < -0.4 is 0 Å². The summed E-state index contributed by atoms with van der Waals surface area (Å²) in [5.41, 5.74) is 1.29. The van der Waals surface area contributed by atoms with E-state index in [1.165, 1.54) is 0 Å². The molecule has 0 aromatic heterocycles. The van der Waals surface area contributed by atoms with Crippen molar-refractivity contribution >= 4 is 0 Å². The number of aliphatic hydroxyl groups is 1. The molecule has 21 heavy (non-hydrogen) atoms. The highest BCUT2D eigenvalue weighted by atomic mass is 16.3. The van der Waals surface area contributed by atoms with Crippen LogP contribution in [0.5, 0.6) is 0 Å². The van der Waals surface area contributed by atoms with Crippen molar-refractivity contribution in [2.45, 2.75) is 39.3 Å². The molecule has 3 heteroatoms. The number of nitrogens with zero attached hydrogens (tertiary/aromatic N) is 2. The Balaban J connectivity index is 1.83. The molecule has 0 amide bonds. The Labute approximate surface area is 129 Å². The van der Waals surface area contributed by atoms with E-state index in [1.54, 1.807) is 0 Å². The van der Waals surface area contributed by atoms with Crippen LogP contribution in [0.4, 0.5) is 0 Å². The quantitative estimate of drug-likeness (QED) is 0.923. The second-order valence-corrected chi connectivity index (χ2v) is 7.29. The summed E-state index contributed by atoms with van der Waals surface area (Å²) < 4.78 is 0. The van der Waals surface area contributed by atoms with Gasteiger partial charge in [-0.1, -0.05) is 37.3 Å². The van der Waals surface area contributed by atoms with E-state index in [2.05, 4.69) is 37.5 Å². The van der Waals surface area contributed by atoms with E-state index in [9.17, 15) is 5.11 Å². The van der Waals surface area contributed by atoms with Gasteiger partial charge in [0.2, 0.25) is 0 Å². The van der Waals surface area contributed by atoms with E-state index in [0.29, 0.717) is 0 Å². The van der Waals surface area contributed by atoms with Crippen molar-refractivity contribution in [2.24, 2.45) is 5.92 Å². The molecule has 1 fully saturated rings. The summed E-state index contributed by atoms with van der Waals surface area (Å²) >= 11 is 0. The summed E-state index contributed by atoms with van der Waals surface area (Å²) in [6.45, 7) is 14.4. The molecule has 1 aromatic rings. The number of hydrogen-bond donors (Lipinski definition) is 1. The maximum Gasteiger partial charge on any atom is 0.0827 e. The second kappa shape index (κ2) is 6.91. The fraction of sp³-hybridized carbons (Fsp3) is 0.667. The molecule has 118 valence electrons. The summed E-state index contributed by atoms with van der Waals surface area (Å²) in [6, 6.07) is 10.0. The van der Waals surface area contributed by atoms with Crippen LogP contribution in [0.15, 0.2) is 30.3 Å². The van der Waals surface area contributed by atoms with Gasteiger partial charge in [0.1, 0.15) is 0 Å². The van der Waals surface area contributed by atoms with Crippen LogP contribution in [0.25, 0.3) is 0 Å². The maximum absolute atomic E-state index is 10.5. The molecule has 1 aromatic carbocycles. The van der Waals surface area contributed by atoms with Gasteiger partial charge in [-0.15, -0.1) is 0 Å². The Morgan fingerprint density at radius 1 is 1.05 bits per heavy atom. The molecule has 0 saturated carbocycles. The van der Waals surface area contributed by atoms with Crippen LogP contribution in [0.1, 0.15) is 39.4 Å². The van der Waals surface area contributed by atoms with Gasteiger partial charge in [-0.25, -0.2) is 0 Å². The van der Waals surface area contributed by atoms with Gasteiger partial charge in [0.15, 0.2) is 0 Å². The van der Waals surface area contributed by atoms with E-state index < -0.39 is 0 Å². The lowest BCUT2D eigenvalue weighted by Gasteiger charge is -2.43. The van der Waals surface area contributed by atoms with Gasteiger partial charge in [0, 0.05) is 38.3 Å².